The van der Waals surface area contributed by atoms with Crippen LogP contribution in [-0.2, 0) is 6.42 Å². The first kappa shape index (κ1) is 13.4. The van der Waals surface area contributed by atoms with Crippen LogP contribution in [0.5, 0.6) is 0 Å². The quantitative estimate of drug-likeness (QED) is 0.482. The zero-order chi connectivity index (χ0) is 12.8. The highest BCUT2D eigenvalue weighted by Crippen LogP contribution is 2.25. The minimum Gasteiger partial charge on any atom is -0.0984 e. The van der Waals surface area contributed by atoms with E-state index >= 15 is 0 Å². The lowest BCUT2D eigenvalue weighted by Crippen LogP contribution is -1.90. The van der Waals surface area contributed by atoms with Gasteiger partial charge in [0.25, 0.3) is 0 Å². The highest BCUT2D eigenvalue weighted by atomic mass is 79.9. The minimum absolute atomic E-state index is 1.11. The van der Waals surface area contributed by atoms with Gasteiger partial charge >= 0.3 is 0 Å². The van der Waals surface area contributed by atoms with Crippen molar-refractivity contribution in [1.29, 1.82) is 0 Å². The van der Waals surface area contributed by atoms with Crippen molar-refractivity contribution in [1.82, 2.24) is 0 Å². The Morgan fingerprint density at radius 2 is 1.72 bits per heavy atom. The van der Waals surface area contributed by atoms with Crippen LogP contribution in [0.2, 0.25) is 0 Å². The molecule has 0 aliphatic heterocycles. The molecule has 2 rings (SSSR count). The average Bonchev–Trinajstić information content (AvgIpc) is 2.43. The largest absolute Gasteiger partial charge is 0.0984 e. The zero-order valence-electron chi connectivity index (χ0n) is 10.7. The Kier molecular flexibility index (Phi) is 5.00. The Balaban J connectivity index is 2.26. The van der Waals surface area contributed by atoms with Crippen molar-refractivity contribution in [2.24, 2.45) is 0 Å². The summed E-state index contributed by atoms with van der Waals surface area (Å²) in [5.74, 6) is 0. The Morgan fingerprint density at radius 1 is 0.944 bits per heavy atom. The van der Waals surface area contributed by atoms with E-state index in [2.05, 4.69) is 58.9 Å². The smallest absolute Gasteiger partial charge is 0.00313 e. The molecule has 2 aromatic carbocycles. The molecule has 0 atom stereocenters. The van der Waals surface area contributed by atoms with E-state index < -0.39 is 0 Å². The maximum atomic E-state index is 3.89. The van der Waals surface area contributed by atoms with Gasteiger partial charge in [0.15, 0.2) is 0 Å². The van der Waals surface area contributed by atoms with Crippen LogP contribution < -0.4 is 0 Å². The first-order chi connectivity index (χ1) is 8.86. The third kappa shape index (κ3) is 3.02. The first-order valence-electron chi connectivity index (χ1n) is 6.56. The Labute approximate surface area is 118 Å². The van der Waals surface area contributed by atoms with Crippen molar-refractivity contribution in [2.75, 3.05) is 5.33 Å². The number of fused-ring (bicyclic) bond motifs is 1. The Morgan fingerprint density at radius 3 is 2.44 bits per heavy atom. The molecule has 0 aromatic heterocycles. The normalized spacial score (nSPS) is 10.7. The van der Waals surface area contributed by atoms with Crippen LogP contribution in [0.25, 0.3) is 16.8 Å². The average molecular weight is 303 g/mol. The Hall–Kier alpha value is -1.08. The Bertz CT molecular complexity index is 528. The fourth-order valence-corrected chi connectivity index (χ4v) is 2.76. The lowest BCUT2D eigenvalue weighted by Gasteiger charge is -2.09. The first-order valence-corrected chi connectivity index (χ1v) is 7.68. The van der Waals surface area contributed by atoms with Crippen LogP contribution in [0.1, 0.15) is 30.4 Å². The number of rotatable bonds is 6. The number of benzene rings is 2. The molecule has 2 aromatic rings. The number of halogens is 1. The number of alkyl halides is 1. The van der Waals surface area contributed by atoms with E-state index in [1.165, 1.54) is 47.6 Å². The summed E-state index contributed by atoms with van der Waals surface area (Å²) in [5.41, 5.74) is 2.69. The lowest BCUT2D eigenvalue weighted by molar-refractivity contribution is 0.727. The molecule has 0 amide bonds. The van der Waals surface area contributed by atoms with Crippen molar-refractivity contribution in [3.63, 3.8) is 0 Å². The van der Waals surface area contributed by atoms with Gasteiger partial charge in [-0.3, -0.25) is 0 Å². The maximum Gasteiger partial charge on any atom is 0.00313 e. The molecule has 0 bridgehead atoms. The topological polar surface area (TPSA) is 0 Å². The van der Waals surface area contributed by atoms with Crippen molar-refractivity contribution >= 4 is 32.8 Å². The number of hydrogen-bond acceptors (Lipinski definition) is 0. The summed E-state index contributed by atoms with van der Waals surface area (Å²) < 4.78 is 0. The van der Waals surface area contributed by atoms with Crippen molar-refractivity contribution < 1.29 is 0 Å². The van der Waals surface area contributed by atoms with Gasteiger partial charge in [0.1, 0.15) is 0 Å². The second-order valence-electron chi connectivity index (χ2n) is 4.56. The molecule has 0 heterocycles. The van der Waals surface area contributed by atoms with E-state index in [0.717, 1.165) is 5.33 Å². The van der Waals surface area contributed by atoms with Crippen LogP contribution >= 0.6 is 15.9 Å². The van der Waals surface area contributed by atoms with Gasteiger partial charge in [-0.05, 0) is 41.2 Å². The standard InChI is InChI=1S/C17H19Br/c1-2-14-11-12-15(8-4-3-7-13-18)17-10-6-5-9-16(14)17/h2,5-6,9-12H,1,3-4,7-8,13H2. The van der Waals surface area contributed by atoms with Crippen LogP contribution in [0, 0.1) is 0 Å². The molecule has 0 aliphatic carbocycles. The summed E-state index contributed by atoms with van der Waals surface area (Å²) in [6, 6.07) is 13.1. The van der Waals surface area contributed by atoms with Gasteiger partial charge in [-0.1, -0.05) is 71.4 Å². The fourth-order valence-electron chi connectivity index (χ4n) is 2.37. The molecule has 0 unspecified atom stereocenters. The van der Waals surface area contributed by atoms with Gasteiger partial charge in [0.2, 0.25) is 0 Å². The molecule has 0 nitrogen and oxygen atoms in total. The van der Waals surface area contributed by atoms with Crippen LogP contribution in [0.3, 0.4) is 0 Å². The molecule has 0 aliphatic rings. The van der Waals surface area contributed by atoms with Crippen molar-refractivity contribution in [3.8, 4) is 0 Å². The van der Waals surface area contributed by atoms with Crippen LogP contribution in [-0.4, -0.2) is 5.33 Å². The fraction of sp³-hybridized carbons (Fsp3) is 0.294. The van der Waals surface area contributed by atoms with Gasteiger partial charge < -0.3 is 0 Å². The summed E-state index contributed by atoms with van der Waals surface area (Å²) in [6.45, 7) is 3.89. The minimum atomic E-state index is 1.11. The van der Waals surface area contributed by atoms with Gasteiger partial charge in [0.05, 0.1) is 0 Å². The molecular weight excluding hydrogens is 284 g/mol. The SMILES string of the molecule is C=Cc1ccc(CCCCCBr)c2ccccc12. The van der Waals surface area contributed by atoms with E-state index in [4.69, 9.17) is 0 Å². The van der Waals surface area contributed by atoms with E-state index in [1.54, 1.807) is 0 Å². The van der Waals surface area contributed by atoms with Crippen LogP contribution in [0.15, 0.2) is 43.0 Å². The summed E-state index contributed by atoms with van der Waals surface area (Å²) in [7, 11) is 0. The second-order valence-corrected chi connectivity index (χ2v) is 5.36. The van der Waals surface area contributed by atoms with Crippen molar-refractivity contribution in [3.05, 3.63) is 54.1 Å². The molecule has 0 radical (unpaired) electrons. The summed E-state index contributed by atoms with van der Waals surface area (Å²) in [6.07, 6.45) is 6.94. The molecule has 0 spiro atoms. The molecule has 0 saturated carbocycles. The lowest BCUT2D eigenvalue weighted by atomic mass is 9.96. The third-order valence-electron chi connectivity index (χ3n) is 3.35. The molecule has 0 N–H and O–H groups in total. The third-order valence-corrected chi connectivity index (χ3v) is 3.91. The second kappa shape index (κ2) is 6.75. The highest BCUT2D eigenvalue weighted by molar-refractivity contribution is 9.09. The summed E-state index contributed by atoms with van der Waals surface area (Å²) in [4.78, 5) is 0. The molecule has 18 heavy (non-hydrogen) atoms. The van der Waals surface area contributed by atoms with Gasteiger partial charge in [-0.15, -0.1) is 0 Å². The highest BCUT2D eigenvalue weighted by Gasteiger charge is 2.03. The van der Waals surface area contributed by atoms with E-state index in [0.29, 0.717) is 0 Å². The summed E-state index contributed by atoms with van der Waals surface area (Å²) in [5, 5.41) is 3.82. The predicted octanol–water partition coefficient (Wildman–Crippen LogP) is 5.59. The molecule has 0 saturated heterocycles. The predicted molar refractivity (Wildman–Crippen MR) is 85.4 cm³/mol. The summed E-state index contributed by atoms with van der Waals surface area (Å²) >= 11 is 3.48. The van der Waals surface area contributed by atoms with Crippen LogP contribution in [0.4, 0.5) is 0 Å². The van der Waals surface area contributed by atoms with Crippen molar-refractivity contribution in [2.45, 2.75) is 25.7 Å². The molecule has 94 valence electrons. The van der Waals surface area contributed by atoms with E-state index in [-0.39, 0.29) is 0 Å². The number of aryl methyl sites for hydroxylation is 1. The molecule has 1 heteroatoms. The number of unbranched alkanes of at least 4 members (excludes halogenated alkanes) is 2. The van der Waals surface area contributed by atoms with E-state index in [1.807, 2.05) is 6.08 Å². The molecule has 0 fully saturated rings. The number of hydrogen-bond donors (Lipinski definition) is 0. The molecular formula is C17H19Br. The van der Waals surface area contributed by atoms with Gasteiger partial charge in [-0.25, -0.2) is 0 Å². The zero-order valence-corrected chi connectivity index (χ0v) is 12.2. The van der Waals surface area contributed by atoms with Gasteiger partial charge in [-0.2, -0.15) is 0 Å². The maximum absolute atomic E-state index is 3.89. The van der Waals surface area contributed by atoms with Gasteiger partial charge in [0, 0.05) is 5.33 Å². The van der Waals surface area contributed by atoms with E-state index in [9.17, 15) is 0 Å². The monoisotopic (exact) mass is 302 g/mol.